The number of phenols is 1. The van der Waals surface area contributed by atoms with E-state index in [2.05, 4.69) is 39.3 Å². The molecule has 8 heteroatoms. The van der Waals surface area contributed by atoms with Crippen LogP contribution < -0.4 is 5.32 Å². The summed E-state index contributed by atoms with van der Waals surface area (Å²) in [5.41, 5.74) is 5.34. The van der Waals surface area contributed by atoms with E-state index in [1.54, 1.807) is 6.20 Å². The average molecular weight is 559 g/mol. The zero-order chi connectivity index (χ0) is 27.8. The maximum Gasteiger partial charge on any atom is 0.170 e. The Morgan fingerprint density at radius 3 is 2.62 bits per heavy atom. The maximum absolute atomic E-state index is 14.3. The number of rotatable bonds is 8. The van der Waals surface area contributed by atoms with Gasteiger partial charge >= 0.3 is 0 Å². The second-order valence-electron chi connectivity index (χ2n) is 10.9. The lowest BCUT2D eigenvalue weighted by Crippen LogP contribution is -2.45. The Hall–Kier alpha value is -3.52. The minimum absolute atomic E-state index is 0.0305. The summed E-state index contributed by atoms with van der Waals surface area (Å²) in [6.45, 7) is 5.38. The van der Waals surface area contributed by atoms with Gasteiger partial charge in [0.15, 0.2) is 17.3 Å². The third-order valence-corrected chi connectivity index (χ3v) is 8.23. The van der Waals surface area contributed by atoms with Crippen LogP contribution in [0, 0.1) is 11.7 Å². The first-order chi connectivity index (χ1) is 19.4. The molecular weight excluding hydrogens is 527 g/mol. The second-order valence-corrected chi connectivity index (χ2v) is 11.3. The van der Waals surface area contributed by atoms with Gasteiger partial charge in [-0.25, -0.2) is 4.39 Å². The lowest BCUT2D eigenvalue weighted by molar-refractivity contribution is 0.0968. The Balaban J connectivity index is 1.34. The van der Waals surface area contributed by atoms with Gasteiger partial charge in [-0.1, -0.05) is 29.8 Å². The van der Waals surface area contributed by atoms with Crippen molar-refractivity contribution in [2.45, 2.75) is 19.3 Å². The van der Waals surface area contributed by atoms with Gasteiger partial charge in [-0.15, -0.1) is 0 Å². The maximum atomic E-state index is 14.3. The molecule has 0 amide bonds. The van der Waals surface area contributed by atoms with Crippen LogP contribution in [0.5, 0.6) is 5.75 Å². The summed E-state index contributed by atoms with van der Waals surface area (Å²) in [4.78, 5) is 22.8. The van der Waals surface area contributed by atoms with Crippen molar-refractivity contribution in [2.24, 2.45) is 5.92 Å². The van der Waals surface area contributed by atoms with E-state index in [1.807, 2.05) is 30.3 Å². The number of pyridine rings is 1. The molecule has 2 heterocycles. The molecule has 4 aromatic rings. The Morgan fingerprint density at radius 1 is 1.07 bits per heavy atom. The van der Waals surface area contributed by atoms with Crippen LogP contribution in [0.1, 0.15) is 28.8 Å². The molecule has 1 saturated heterocycles. The van der Waals surface area contributed by atoms with E-state index in [-0.39, 0.29) is 16.7 Å². The van der Waals surface area contributed by atoms with E-state index in [1.165, 1.54) is 17.7 Å². The number of benzene rings is 3. The minimum Gasteiger partial charge on any atom is -0.504 e. The summed E-state index contributed by atoms with van der Waals surface area (Å²) in [6.07, 6.45) is 4.40. The molecule has 6 rings (SSSR count). The number of ketones is 1. The first-order valence-corrected chi connectivity index (χ1v) is 14.2. The van der Waals surface area contributed by atoms with E-state index < -0.39 is 11.6 Å². The molecule has 1 aliphatic heterocycles. The number of anilines is 2. The van der Waals surface area contributed by atoms with Crippen molar-refractivity contribution in [3.8, 4) is 16.9 Å². The number of piperazine rings is 1. The highest BCUT2D eigenvalue weighted by molar-refractivity contribution is 6.32. The lowest BCUT2D eigenvalue weighted by atomic mass is 9.98. The van der Waals surface area contributed by atoms with Crippen molar-refractivity contribution in [3.63, 3.8) is 0 Å². The number of hydrogen-bond acceptors (Lipinski definition) is 6. The standard InChI is InChI=1S/C32H32ClFN4O2/c1-37-11-13-38(14-12-37)10-9-20-3-2-4-24(15-20)36-30-25-16-22(23-17-27(33)32(40)28(34)18-23)7-8-29(25)35-19-26(30)31(39)21-5-6-21/h2-4,7-8,15-19,21,40H,5-6,9-14H2,1H3,(H,35,36). The van der Waals surface area contributed by atoms with Gasteiger partial charge in [-0.2, -0.15) is 0 Å². The van der Waals surface area contributed by atoms with Gasteiger partial charge in [0.1, 0.15) is 0 Å². The van der Waals surface area contributed by atoms with Crippen LogP contribution in [-0.2, 0) is 6.42 Å². The number of nitrogens with one attached hydrogen (secondary N) is 1. The van der Waals surface area contributed by atoms with Crippen molar-refractivity contribution in [2.75, 3.05) is 45.1 Å². The number of nitrogens with zero attached hydrogens (tertiary/aromatic N) is 3. The number of halogens is 2. The number of likely N-dealkylation sites (N-methyl/N-ethyl adjacent to an activating group) is 1. The molecule has 2 fully saturated rings. The fraction of sp³-hybridized carbons (Fsp3) is 0.312. The molecule has 3 aromatic carbocycles. The predicted octanol–water partition coefficient (Wildman–Crippen LogP) is 6.53. The summed E-state index contributed by atoms with van der Waals surface area (Å²) in [7, 11) is 2.17. The molecule has 1 aliphatic carbocycles. The number of Topliss-reactive ketones (excluding diaryl/α,β-unsaturated/α-hetero) is 1. The first kappa shape index (κ1) is 26.7. The van der Waals surface area contributed by atoms with Crippen molar-refractivity contribution < 1.29 is 14.3 Å². The summed E-state index contributed by atoms with van der Waals surface area (Å²) in [6, 6.07) is 16.7. The van der Waals surface area contributed by atoms with Crippen LogP contribution >= 0.6 is 11.6 Å². The first-order valence-electron chi connectivity index (χ1n) is 13.8. The predicted molar refractivity (Wildman–Crippen MR) is 158 cm³/mol. The smallest absolute Gasteiger partial charge is 0.170 e. The van der Waals surface area contributed by atoms with Crippen molar-refractivity contribution in [1.29, 1.82) is 0 Å². The fourth-order valence-corrected chi connectivity index (χ4v) is 5.51. The Bertz CT molecular complexity index is 1560. The lowest BCUT2D eigenvalue weighted by Gasteiger charge is -2.32. The molecule has 0 atom stereocenters. The van der Waals surface area contributed by atoms with Crippen LogP contribution in [0.2, 0.25) is 5.02 Å². The topological polar surface area (TPSA) is 68.7 Å². The van der Waals surface area contributed by atoms with E-state index in [0.29, 0.717) is 22.4 Å². The summed E-state index contributed by atoms with van der Waals surface area (Å²) < 4.78 is 14.3. The van der Waals surface area contributed by atoms with E-state index >= 15 is 0 Å². The molecule has 40 heavy (non-hydrogen) atoms. The van der Waals surface area contributed by atoms with Crippen LogP contribution in [-0.4, -0.2) is 65.4 Å². The van der Waals surface area contributed by atoms with Crippen LogP contribution in [0.3, 0.4) is 0 Å². The number of fused-ring (bicyclic) bond motifs is 1. The van der Waals surface area contributed by atoms with Crippen LogP contribution in [0.25, 0.3) is 22.0 Å². The minimum atomic E-state index is -0.787. The highest BCUT2D eigenvalue weighted by Crippen LogP contribution is 2.39. The van der Waals surface area contributed by atoms with Gasteiger partial charge < -0.3 is 20.2 Å². The quantitative estimate of drug-likeness (QED) is 0.240. The summed E-state index contributed by atoms with van der Waals surface area (Å²) in [5.74, 6) is -1.24. The zero-order valence-corrected chi connectivity index (χ0v) is 23.2. The third-order valence-electron chi connectivity index (χ3n) is 7.94. The molecule has 206 valence electrons. The normalized spacial score (nSPS) is 16.4. The zero-order valence-electron chi connectivity index (χ0n) is 22.5. The number of carbonyl (C=O) groups excluding carboxylic acids is 1. The second kappa shape index (κ2) is 11.2. The monoisotopic (exact) mass is 558 g/mol. The number of aromatic hydroxyl groups is 1. The molecule has 2 N–H and O–H groups in total. The van der Waals surface area contributed by atoms with Crippen LogP contribution in [0.15, 0.2) is 60.8 Å². The largest absolute Gasteiger partial charge is 0.504 e. The van der Waals surface area contributed by atoms with Gasteiger partial charge in [0.25, 0.3) is 0 Å². The Kier molecular flexibility index (Phi) is 7.45. The molecule has 0 unspecified atom stereocenters. The average Bonchev–Trinajstić information content (AvgIpc) is 3.81. The Labute approximate surface area is 238 Å². The number of hydrogen-bond donors (Lipinski definition) is 2. The van der Waals surface area contributed by atoms with Crippen molar-refractivity contribution in [3.05, 3.63) is 82.8 Å². The van der Waals surface area contributed by atoms with Gasteiger partial charge in [-0.3, -0.25) is 9.78 Å². The van der Waals surface area contributed by atoms with Gasteiger partial charge in [-0.05, 0) is 79.4 Å². The molecule has 2 aliphatic rings. The Morgan fingerprint density at radius 2 is 1.88 bits per heavy atom. The fourth-order valence-electron chi connectivity index (χ4n) is 5.30. The van der Waals surface area contributed by atoms with E-state index in [4.69, 9.17) is 11.6 Å². The highest BCUT2D eigenvalue weighted by Gasteiger charge is 2.32. The van der Waals surface area contributed by atoms with E-state index in [9.17, 15) is 14.3 Å². The number of carbonyl (C=O) groups is 1. The molecule has 0 radical (unpaired) electrons. The highest BCUT2D eigenvalue weighted by atomic mass is 35.5. The number of aromatic nitrogens is 1. The number of phenolic OH excluding ortho intramolecular Hbond substituents is 1. The summed E-state index contributed by atoms with van der Waals surface area (Å²) in [5, 5.41) is 14.0. The van der Waals surface area contributed by atoms with Gasteiger partial charge in [0.2, 0.25) is 0 Å². The molecule has 6 nitrogen and oxygen atoms in total. The molecule has 1 saturated carbocycles. The molecule has 0 spiro atoms. The molecule has 1 aromatic heterocycles. The van der Waals surface area contributed by atoms with Gasteiger partial charge in [0.05, 0.1) is 21.8 Å². The summed E-state index contributed by atoms with van der Waals surface area (Å²) >= 11 is 6.07. The molecular formula is C32H32ClFN4O2. The van der Waals surface area contributed by atoms with Gasteiger partial charge in [0, 0.05) is 55.9 Å². The van der Waals surface area contributed by atoms with E-state index in [0.717, 1.165) is 68.6 Å². The third kappa shape index (κ3) is 5.68. The van der Waals surface area contributed by atoms with Crippen molar-refractivity contribution >= 4 is 39.7 Å². The SMILES string of the molecule is CN1CCN(CCc2cccc(Nc3c(C(=O)C4CC4)cnc4ccc(-c5cc(F)c(O)c(Cl)c5)cc34)c2)CC1. The van der Waals surface area contributed by atoms with Crippen molar-refractivity contribution in [1.82, 2.24) is 14.8 Å². The van der Waals surface area contributed by atoms with Crippen LogP contribution in [0.4, 0.5) is 15.8 Å². The molecule has 0 bridgehead atoms.